The number of nitrogens with one attached hydrogen (secondary N) is 3. The molecule has 0 bridgehead atoms. The zero-order valence-corrected chi connectivity index (χ0v) is 15.5. The number of fused-ring (bicyclic) bond motifs is 1. The van der Waals surface area contributed by atoms with Gasteiger partial charge in [0, 0.05) is 17.8 Å². The van der Waals surface area contributed by atoms with Crippen LogP contribution in [0, 0.1) is 0 Å². The van der Waals surface area contributed by atoms with Crippen molar-refractivity contribution in [1.29, 1.82) is 0 Å². The number of hydrogen-bond acceptors (Lipinski definition) is 6. The lowest BCUT2D eigenvalue weighted by Crippen LogP contribution is -2.29. The van der Waals surface area contributed by atoms with Gasteiger partial charge in [-0.05, 0) is 30.3 Å². The quantitative estimate of drug-likeness (QED) is 0.555. The molecule has 2 aromatic carbocycles. The molecule has 1 aliphatic heterocycles. The van der Waals surface area contributed by atoms with Crippen molar-refractivity contribution in [2.75, 3.05) is 17.3 Å². The Hall–Kier alpha value is -4.47. The summed E-state index contributed by atoms with van der Waals surface area (Å²) in [6, 6.07) is 10.5. The maximum Gasteiger partial charge on any atom is 0.325 e. The molecule has 0 radical (unpaired) electrons. The van der Waals surface area contributed by atoms with E-state index in [2.05, 4.69) is 10.3 Å². The van der Waals surface area contributed by atoms with Crippen LogP contribution in [-0.4, -0.2) is 34.8 Å². The molecule has 1 aromatic heterocycles. The fraction of sp³-hybridized carbons (Fsp3) is 0.0500. The minimum atomic E-state index is -0.774. The lowest BCUT2D eigenvalue weighted by Gasteiger charge is -2.14. The van der Waals surface area contributed by atoms with Crippen molar-refractivity contribution < 1.29 is 19.1 Å². The number of imide groups is 1. The zero-order valence-electron chi connectivity index (χ0n) is 15.5. The summed E-state index contributed by atoms with van der Waals surface area (Å²) in [5.41, 5.74) is -1.03. The van der Waals surface area contributed by atoms with E-state index in [0.717, 1.165) is 11.1 Å². The van der Waals surface area contributed by atoms with Crippen LogP contribution in [0.5, 0.6) is 5.75 Å². The second kappa shape index (κ2) is 7.17. The Balaban J connectivity index is 1.65. The summed E-state index contributed by atoms with van der Waals surface area (Å²) in [6.07, 6.45) is 1.06. The van der Waals surface area contributed by atoms with Crippen LogP contribution in [0.25, 0.3) is 0 Å². The van der Waals surface area contributed by atoms with Crippen LogP contribution in [0.3, 0.4) is 0 Å². The van der Waals surface area contributed by atoms with Crippen LogP contribution in [0.15, 0.2) is 58.3 Å². The summed E-state index contributed by atoms with van der Waals surface area (Å²) in [4.78, 5) is 66.1. The van der Waals surface area contributed by atoms with Gasteiger partial charge in [-0.3, -0.25) is 24.2 Å². The minimum absolute atomic E-state index is 0.0610. The van der Waals surface area contributed by atoms with E-state index in [1.54, 1.807) is 24.3 Å². The third kappa shape index (κ3) is 3.15. The molecule has 0 atom stereocenters. The molecule has 2 heterocycles. The summed E-state index contributed by atoms with van der Waals surface area (Å²) in [5, 5.41) is 2.35. The van der Waals surface area contributed by atoms with Crippen molar-refractivity contribution in [3.8, 4) is 5.75 Å². The molecule has 3 aromatic rings. The van der Waals surface area contributed by atoms with Gasteiger partial charge in [-0.2, -0.15) is 0 Å². The Bertz CT molecular complexity index is 1320. The van der Waals surface area contributed by atoms with Gasteiger partial charge in [-0.25, -0.2) is 9.69 Å². The van der Waals surface area contributed by atoms with Crippen molar-refractivity contribution in [1.82, 2.24) is 9.97 Å². The van der Waals surface area contributed by atoms with E-state index in [-0.39, 0.29) is 22.4 Å². The first kappa shape index (κ1) is 18.9. The third-order valence-electron chi connectivity index (χ3n) is 4.53. The lowest BCUT2D eigenvalue weighted by molar-refractivity contribution is 0.0925. The van der Waals surface area contributed by atoms with Gasteiger partial charge in [0.15, 0.2) is 0 Å². The number of methoxy groups -OCH3 is 1. The van der Waals surface area contributed by atoms with Gasteiger partial charge in [0.1, 0.15) is 11.4 Å². The second-order valence-corrected chi connectivity index (χ2v) is 6.35. The van der Waals surface area contributed by atoms with Crippen molar-refractivity contribution in [2.24, 2.45) is 0 Å². The zero-order chi connectivity index (χ0) is 21.4. The highest BCUT2D eigenvalue weighted by Crippen LogP contribution is 2.31. The maximum atomic E-state index is 12.9. The molecule has 150 valence electrons. The number of amides is 3. The van der Waals surface area contributed by atoms with Gasteiger partial charge in [0.2, 0.25) is 0 Å². The van der Waals surface area contributed by atoms with Crippen LogP contribution in [0.1, 0.15) is 31.1 Å². The first-order chi connectivity index (χ1) is 14.4. The van der Waals surface area contributed by atoms with Gasteiger partial charge in [-0.15, -0.1) is 0 Å². The molecular formula is C20H14N4O6. The monoisotopic (exact) mass is 406 g/mol. The van der Waals surface area contributed by atoms with Crippen molar-refractivity contribution >= 4 is 29.1 Å². The molecule has 0 saturated carbocycles. The van der Waals surface area contributed by atoms with E-state index >= 15 is 0 Å². The smallest absolute Gasteiger partial charge is 0.325 e. The Morgan fingerprint density at radius 3 is 2.50 bits per heavy atom. The normalized spacial score (nSPS) is 12.6. The van der Waals surface area contributed by atoms with E-state index in [9.17, 15) is 24.0 Å². The molecule has 0 fully saturated rings. The number of rotatable bonds is 4. The maximum absolute atomic E-state index is 12.9. The summed E-state index contributed by atoms with van der Waals surface area (Å²) in [5.74, 6) is -1.31. The van der Waals surface area contributed by atoms with Crippen LogP contribution in [0.4, 0.5) is 11.4 Å². The number of aromatic nitrogens is 2. The van der Waals surface area contributed by atoms with E-state index in [1.807, 2.05) is 4.98 Å². The highest BCUT2D eigenvalue weighted by molar-refractivity contribution is 6.34. The van der Waals surface area contributed by atoms with E-state index in [0.29, 0.717) is 11.4 Å². The average Bonchev–Trinajstić information content (AvgIpc) is 2.99. The molecule has 0 spiro atoms. The van der Waals surface area contributed by atoms with Gasteiger partial charge in [-0.1, -0.05) is 6.07 Å². The lowest BCUT2D eigenvalue weighted by atomic mass is 10.1. The topological polar surface area (TPSA) is 141 Å². The molecule has 30 heavy (non-hydrogen) atoms. The number of hydrogen-bond donors (Lipinski definition) is 3. The SMILES string of the molecule is COc1cccc(N2C(=O)c3ccc(C(=O)Nc4c[nH]c(=O)[nH]c4=O)cc3C2=O)c1. The number of nitrogens with zero attached hydrogens (tertiary/aromatic N) is 1. The van der Waals surface area contributed by atoms with Crippen molar-refractivity contribution in [3.63, 3.8) is 0 Å². The standard InChI is InChI=1S/C20H14N4O6/c1-30-12-4-2-3-11(8-12)24-18(27)13-6-5-10(7-14(13)19(24)28)16(25)22-15-9-21-20(29)23-17(15)26/h2-9H,1H3,(H,22,25)(H2,21,23,26,29). The average molecular weight is 406 g/mol. The van der Waals surface area contributed by atoms with Crippen molar-refractivity contribution in [3.05, 3.63) is 86.2 Å². The second-order valence-electron chi connectivity index (χ2n) is 6.35. The number of aromatic amines is 2. The largest absolute Gasteiger partial charge is 0.497 e. The number of anilines is 2. The van der Waals surface area contributed by atoms with E-state index < -0.39 is 29.0 Å². The summed E-state index contributed by atoms with van der Waals surface area (Å²) in [6.45, 7) is 0. The number of ether oxygens (including phenoxy) is 1. The molecular weight excluding hydrogens is 392 g/mol. The van der Waals surface area contributed by atoms with Gasteiger partial charge >= 0.3 is 5.69 Å². The van der Waals surface area contributed by atoms with E-state index in [4.69, 9.17) is 4.74 Å². The molecule has 3 N–H and O–H groups in total. The Kier molecular flexibility index (Phi) is 4.51. The molecule has 10 nitrogen and oxygen atoms in total. The summed E-state index contributed by atoms with van der Waals surface area (Å²) >= 11 is 0. The fourth-order valence-corrected chi connectivity index (χ4v) is 3.06. The Morgan fingerprint density at radius 1 is 1.00 bits per heavy atom. The number of benzene rings is 2. The number of H-pyrrole nitrogens is 2. The first-order valence-electron chi connectivity index (χ1n) is 8.69. The predicted octanol–water partition coefficient (Wildman–Crippen LogP) is 1.12. The minimum Gasteiger partial charge on any atom is -0.497 e. The summed E-state index contributed by atoms with van der Waals surface area (Å²) in [7, 11) is 1.47. The molecule has 0 unspecified atom stereocenters. The molecule has 3 amide bonds. The predicted molar refractivity (Wildman–Crippen MR) is 106 cm³/mol. The molecule has 1 aliphatic rings. The molecule has 0 saturated heterocycles. The summed E-state index contributed by atoms with van der Waals surface area (Å²) < 4.78 is 5.13. The first-order valence-corrected chi connectivity index (χ1v) is 8.69. The van der Waals surface area contributed by atoms with E-state index in [1.165, 1.54) is 25.3 Å². The molecule has 4 rings (SSSR count). The van der Waals surface area contributed by atoms with Crippen molar-refractivity contribution in [2.45, 2.75) is 0 Å². The number of carbonyl (C=O) groups excluding carboxylic acids is 3. The van der Waals surface area contributed by atoms with Crippen LogP contribution < -0.4 is 26.2 Å². The third-order valence-corrected chi connectivity index (χ3v) is 4.53. The molecule has 10 heteroatoms. The molecule has 0 aliphatic carbocycles. The van der Waals surface area contributed by atoms with Gasteiger partial charge < -0.3 is 15.0 Å². The van der Waals surface area contributed by atoms with Crippen LogP contribution in [0.2, 0.25) is 0 Å². The highest BCUT2D eigenvalue weighted by atomic mass is 16.5. The van der Waals surface area contributed by atoms with Crippen LogP contribution in [-0.2, 0) is 0 Å². The van der Waals surface area contributed by atoms with Gasteiger partial charge in [0.25, 0.3) is 23.3 Å². The fourth-order valence-electron chi connectivity index (χ4n) is 3.06. The highest BCUT2D eigenvalue weighted by Gasteiger charge is 2.37. The number of carbonyl (C=O) groups is 3. The van der Waals surface area contributed by atoms with Crippen LogP contribution >= 0.6 is 0 Å². The Morgan fingerprint density at radius 2 is 1.77 bits per heavy atom. The Labute approximate surface area is 168 Å². The van der Waals surface area contributed by atoms with Gasteiger partial charge in [0.05, 0.1) is 23.9 Å².